The van der Waals surface area contributed by atoms with Gasteiger partial charge in [0.1, 0.15) is 0 Å². The monoisotopic (exact) mass is 263 g/mol. The van der Waals surface area contributed by atoms with E-state index < -0.39 is 10.0 Å². The van der Waals surface area contributed by atoms with Crippen molar-refractivity contribution in [1.29, 1.82) is 0 Å². The molecule has 0 bridgehead atoms. The molecule has 7 heteroatoms. The molecule has 0 aliphatic rings. The van der Waals surface area contributed by atoms with Crippen LogP contribution in [0.15, 0.2) is 17.3 Å². The average molecular weight is 263 g/mol. The molecule has 0 spiro atoms. The highest BCUT2D eigenvalue weighted by Crippen LogP contribution is 2.08. The van der Waals surface area contributed by atoms with Crippen LogP contribution in [0.1, 0.15) is 20.3 Å². The Morgan fingerprint density at radius 1 is 1.62 bits per heavy atom. The van der Waals surface area contributed by atoms with Gasteiger partial charge in [0.2, 0.25) is 0 Å². The number of hydrogen-bond donors (Lipinski definition) is 2. The van der Waals surface area contributed by atoms with Gasteiger partial charge in [-0.05, 0) is 30.9 Å². The normalized spacial score (nSPS) is 13.9. The van der Waals surface area contributed by atoms with Crippen molar-refractivity contribution in [2.75, 3.05) is 11.5 Å². The minimum Gasteiger partial charge on any atom is -0.266 e. The van der Waals surface area contributed by atoms with Crippen molar-refractivity contribution in [1.82, 2.24) is 14.9 Å². The van der Waals surface area contributed by atoms with Crippen LogP contribution in [0.25, 0.3) is 0 Å². The van der Waals surface area contributed by atoms with Crippen molar-refractivity contribution in [2.24, 2.45) is 0 Å². The van der Waals surface area contributed by atoms with E-state index in [1.54, 1.807) is 11.8 Å². The van der Waals surface area contributed by atoms with Gasteiger partial charge in [0.15, 0.2) is 5.03 Å². The third-order valence-corrected chi connectivity index (χ3v) is 4.47. The van der Waals surface area contributed by atoms with Gasteiger partial charge in [0.05, 0.1) is 6.20 Å². The van der Waals surface area contributed by atoms with Gasteiger partial charge >= 0.3 is 0 Å². The minimum absolute atomic E-state index is 0.0626. The molecule has 0 aromatic carbocycles. The van der Waals surface area contributed by atoms with Gasteiger partial charge in [-0.3, -0.25) is 5.10 Å². The number of sulfonamides is 1. The van der Waals surface area contributed by atoms with Crippen molar-refractivity contribution in [3.05, 3.63) is 12.3 Å². The number of aromatic nitrogens is 2. The summed E-state index contributed by atoms with van der Waals surface area (Å²) >= 11 is 1.80. The summed E-state index contributed by atoms with van der Waals surface area (Å²) in [4.78, 5) is 0. The van der Waals surface area contributed by atoms with Gasteiger partial charge in [-0.15, -0.1) is 0 Å². The second kappa shape index (κ2) is 6.27. The fraction of sp³-hybridized carbons (Fsp3) is 0.667. The first kappa shape index (κ1) is 13.5. The van der Waals surface area contributed by atoms with Gasteiger partial charge in [-0.25, -0.2) is 13.1 Å². The van der Waals surface area contributed by atoms with Crippen molar-refractivity contribution in [3.8, 4) is 0 Å². The largest absolute Gasteiger partial charge is 0.266 e. The zero-order chi connectivity index (χ0) is 12.0. The molecule has 0 saturated heterocycles. The summed E-state index contributed by atoms with van der Waals surface area (Å²) in [5.41, 5.74) is 0. The maximum Gasteiger partial charge on any atom is 0.257 e. The van der Waals surface area contributed by atoms with Crippen molar-refractivity contribution >= 4 is 21.8 Å². The topological polar surface area (TPSA) is 74.8 Å². The van der Waals surface area contributed by atoms with E-state index in [0.717, 1.165) is 17.9 Å². The zero-order valence-electron chi connectivity index (χ0n) is 9.43. The first-order chi connectivity index (χ1) is 7.56. The Hall–Kier alpha value is -0.530. The summed E-state index contributed by atoms with van der Waals surface area (Å²) in [7, 11) is -3.43. The van der Waals surface area contributed by atoms with E-state index in [0.29, 0.717) is 0 Å². The SMILES string of the molecule is CCSCCC(C)NS(=O)(=O)c1ccn[nH]1. The van der Waals surface area contributed by atoms with E-state index in [1.165, 1.54) is 12.3 Å². The number of nitrogens with zero attached hydrogens (tertiary/aromatic N) is 1. The highest BCUT2D eigenvalue weighted by molar-refractivity contribution is 7.99. The second-order valence-electron chi connectivity index (χ2n) is 3.43. The Balaban J connectivity index is 2.47. The predicted molar refractivity (Wildman–Crippen MR) is 66.0 cm³/mol. The molecule has 1 unspecified atom stereocenters. The van der Waals surface area contributed by atoms with E-state index in [-0.39, 0.29) is 11.1 Å². The lowest BCUT2D eigenvalue weighted by atomic mass is 10.3. The average Bonchev–Trinajstić information content (AvgIpc) is 2.70. The van der Waals surface area contributed by atoms with E-state index >= 15 is 0 Å². The second-order valence-corrected chi connectivity index (χ2v) is 6.51. The first-order valence-corrected chi connectivity index (χ1v) is 7.79. The summed E-state index contributed by atoms with van der Waals surface area (Å²) in [6.45, 7) is 3.95. The predicted octanol–water partition coefficient (Wildman–Crippen LogP) is 1.22. The van der Waals surface area contributed by atoms with Crippen molar-refractivity contribution < 1.29 is 8.42 Å². The third kappa shape index (κ3) is 4.15. The molecular formula is C9H17N3O2S2. The van der Waals surface area contributed by atoms with Crippen LogP contribution in [0.4, 0.5) is 0 Å². The third-order valence-electron chi connectivity index (χ3n) is 2.02. The van der Waals surface area contributed by atoms with Crippen LogP contribution in [-0.4, -0.2) is 36.2 Å². The number of hydrogen-bond acceptors (Lipinski definition) is 4. The molecule has 16 heavy (non-hydrogen) atoms. The standard InChI is InChI=1S/C9H17N3O2S2/c1-3-15-7-5-8(2)12-16(13,14)9-4-6-10-11-9/h4,6,8,12H,3,5,7H2,1-2H3,(H,10,11). The molecule has 1 heterocycles. The molecule has 1 atom stereocenters. The van der Waals surface area contributed by atoms with Crippen molar-refractivity contribution in [3.63, 3.8) is 0 Å². The van der Waals surface area contributed by atoms with Crippen LogP contribution in [0, 0.1) is 0 Å². The fourth-order valence-electron chi connectivity index (χ4n) is 1.18. The Morgan fingerprint density at radius 3 is 2.94 bits per heavy atom. The van der Waals surface area contributed by atoms with Gasteiger partial charge in [-0.1, -0.05) is 6.92 Å². The van der Waals surface area contributed by atoms with Crippen LogP contribution < -0.4 is 4.72 Å². The van der Waals surface area contributed by atoms with Gasteiger partial charge < -0.3 is 0 Å². The van der Waals surface area contributed by atoms with Gasteiger partial charge in [0.25, 0.3) is 10.0 Å². The molecule has 0 fully saturated rings. The lowest BCUT2D eigenvalue weighted by Gasteiger charge is -2.12. The zero-order valence-corrected chi connectivity index (χ0v) is 11.1. The van der Waals surface area contributed by atoms with Crippen LogP contribution in [-0.2, 0) is 10.0 Å². The number of thioether (sulfide) groups is 1. The summed E-state index contributed by atoms with van der Waals surface area (Å²) in [6.07, 6.45) is 2.25. The van der Waals surface area contributed by atoms with Gasteiger partial charge in [0, 0.05) is 6.04 Å². The minimum atomic E-state index is -3.43. The molecule has 92 valence electrons. The lowest BCUT2D eigenvalue weighted by Crippen LogP contribution is -2.33. The summed E-state index contributed by atoms with van der Waals surface area (Å²) in [6, 6.07) is 1.38. The van der Waals surface area contributed by atoms with E-state index in [9.17, 15) is 8.42 Å². The molecule has 1 aromatic rings. The molecule has 2 N–H and O–H groups in total. The van der Waals surface area contributed by atoms with E-state index in [1.807, 2.05) is 6.92 Å². The van der Waals surface area contributed by atoms with Crippen LogP contribution >= 0.6 is 11.8 Å². The fourth-order valence-corrected chi connectivity index (χ4v) is 3.18. The van der Waals surface area contributed by atoms with Gasteiger partial charge in [-0.2, -0.15) is 16.9 Å². The van der Waals surface area contributed by atoms with E-state index in [2.05, 4.69) is 21.8 Å². The smallest absolute Gasteiger partial charge is 0.257 e. The summed E-state index contributed by atoms with van der Waals surface area (Å²) in [5, 5.41) is 6.18. The highest BCUT2D eigenvalue weighted by Gasteiger charge is 2.17. The molecule has 0 amide bonds. The highest BCUT2D eigenvalue weighted by atomic mass is 32.2. The molecule has 0 aliphatic carbocycles. The van der Waals surface area contributed by atoms with Crippen LogP contribution in [0.5, 0.6) is 0 Å². The maximum absolute atomic E-state index is 11.7. The molecule has 5 nitrogen and oxygen atoms in total. The van der Waals surface area contributed by atoms with Crippen LogP contribution in [0.3, 0.4) is 0 Å². The molecule has 1 aromatic heterocycles. The van der Waals surface area contributed by atoms with Crippen LogP contribution in [0.2, 0.25) is 0 Å². The Kier molecular flexibility index (Phi) is 5.30. The molecule has 1 rings (SSSR count). The van der Waals surface area contributed by atoms with Crippen molar-refractivity contribution in [2.45, 2.75) is 31.3 Å². The molecule has 0 saturated carbocycles. The quantitative estimate of drug-likeness (QED) is 0.725. The Bertz CT molecular complexity index is 389. The Morgan fingerprint density at radius 2 is 2.38 bits per heavy atom. The summed E-state index contributed by atoms with van der Waals surface area (Å²) < 4.78 is 26.1. The number of aromatic amines is 1. The molecule has 0 aliphatic heterocycles. The first-order valence-electron chi connectivity index (χ1n) is 5.15. The van der Waals surface area contributed by atoms with E-state index in [4.69, 9.17) is 0 Å². The maximum atomic E-state index is 11.7. The number of nitrogens with one attached hydrogen (secondary N) is 2. The number of H-pyrrole nitrogens is 1. The lowest BCUT2D eigenvalue weighted by molar-refractivity contribution is 0.553. The molecule has 0 radical (unpaired) electrons. The Labute approximate surface area is 100 Å². The molecular weight excluding hydrogens is 246 g/mol. The summed E-state index contributed by atoms with van der Waals surface area (Å²) in [5.74, 6) is 2.02. The number of rotatable bonds is 7.